The third-order valence-corrected chi connectivity index (χ3v) is 6.39. The molecule has 2 heterocycles. The number of amides is 3. The lowest BCUT2D eigenvalue weighted by molar-refractivity contribution is -0.125. The van der Waals surface area contributed by atoms with E-state index in [1.165, 1.54) is 22.6 Å². The summed E-state index contributed by atoms with van der Waals surface area (Å²) in [5.41, 5.74) is 0.592. The largest absolute Gasteiger partial charge is 0.329 e. The van der Waals surface area contributed by atoms with Gasteiger partial charge in [-0.3, -0.25) is 19.9 Å². The lowest BCUT2D eigenvalue weighted by Crippen LogP contribution is -2.59. The molecule has 4 rings (SSSR count). The Labute approximate surface area is 171 Å². The summed E-state index contributed by atoms with van der Waals surface area (Å²) in [7, 11) is 0. The molecule has 146 valence electrons. The number of nitrogens with zero attached hydrogens (tertiary/aromatic N) is 2. The smallest absolute Gasteiger partial charge is 0.296 e. The minimum Gasteiger partial charge on any atom is -0.296 e. The fraction of sp³-hybridized carbons (Fsp3) is 0.333. The van der Waals surface area contributed by atoms with E-state index in [0.29, 0.717) is 29.5 Å². The van der Waals surface area contributed by atoms with Crippen LogP contribution in [0.25, 0.3) is 0 Å². The van der Waals surface area contributed by atoms with Gasteiger partial charge >= 0.3 is 6.03 Å². The highest BCUT2D eigenvalue weighted by Crippen LogP contribution is 2.42. The molecule has 0 aliphatic carbocycles. The third kappa shape index (κ3) is 3.22. The van der Waals surface area contributed by atoms with Crippen LogP contribution in [0, 0.1) is 5.82 Å². The number of halogens is 2. The van der Waals surface area contributed by atoms with Crippen LogP contribution < -0.4 is 10.2 Å². The average molecular weight is 446 g/mol. The summed E-state index contributed by atoms with van der Waals surface area (Å²) in [6, 6.07) is 13.9. The Kier molecular flexibility index (Phi) is 4.97. The molecule has 1 spiro atoms. The van der Waals surface area contributed by atoms with E-state index in [-0.39, 0.29) is 11.9 Å². The van der Waals surface area contributed by atoms with E-state index < -0.39 is 17.4 Å². The molecule has 1 N–H and O–H groups in total. The summed E-state index contributed by atoms with van der Waals surface area (Å²) in [4.78, 5) is 29.2. The van der Waals surface area contributed by atoms with Crippen molar-refractivity contribution in [3.63, 3.8) is 0 Å². The lowest BCUT2D eigenvalue weighted by atomic mass is 9.81. The number of carbonyl (C=O) groups is 2. The summed E-state index contributed by atoms with van der Waals surface area (Å²) in [5, 5.41) is 2.44. The van der Waals surface area contributed by atoms with Crippen LogP contribution in [-0.2, 0) is 11.3 Å². The van der Waals surface area contributed by atoms with Crippen molar-refractivity contribution in [2.24, 2.45) is 0 Å². The highest BCUT2D eigenvalue weighted by atomic mass is 79.9. The Morgan fingerprint density at radius 3 is 2.68 bits per heavy atom. The zero-order chi connectivity index (χ0) is 19.9. The van der Waals surface area contributed by atoms with Crippen LogP contribution in [0.15, 0.2) is 53.0 Å². The van der Waals surface area contributed by atoms with E-state index in [0.717, 1.165) is 6.54 Å². The van der Waals surface area contributed by atoms with Crippen molar-refractivity contribution in [1.29, 1.82) is 0 Å². The van der Waals surface area contributed by atoms with Gasteiger partial charge in [0, 0.05) is 23.6 Å². The Balaban J connectivity index is 1.63. The second-order valence-electron chi connectivity index (χ2n) is 7.48. The Morgan fingerprint density at radius 1 is 1.21 bits per heavy atom. The SMILES string of the molecule is C[C@@H]1C[C@@]2(CCN1Cc1ccccc1)C(=O)NC(=O)N2c1cc(F)ccc1Br. The maximum atomic E-state index is 13.9. The quantitative estimate of drug-likeness (QED) is 0.724. The van der Waals surface area contributed by atoms with Crippen molar-refractivity contribution in [1.82, 2.24) is 10.2 Å². The molecular weight excluding hydrogens is 425 g/mol. The number of carbonyl (C=O) groups excluding carboxylic acids is 2. The zero-order valence-electron chi connectivity index (χ0n) is 15.5. The van der Waals surface area contributed by atoms with E-state index in [2.05, 4.69) is 45.2 Å². The maximum Gasteiger partial charge on any atom is 0.329 e. The van der Waals surface area contributed by atoms with Gasteiger partial charge in [-0.25, -0.2) is 9.18 Å². The second-order valence-corrected chi connectivity index (χ2v) is 8.34. The van der Waals surface area contributed by atoms with Gasteiger partial charge < -0.3 is 0 Å². The van der Waals surface area contributed by atoms with Crippen LogP contribution in [-0.4, -0.2) is 35.0 Å². The number of hydrogen-bond acceptors (Lipinski definition) is 3. The summed E-state index contributed by atoms with van der Waals surface area (Å²) >= 11 is 3.40. The van der Waals surface area contributed by atoms with E-state index in [9.17, 15) is 14.0 Å². The fourth-order valence-electron chi connectivity index (χ4n) is 4.29. The summed E-state index contributed by atoms with van der Waals surface area (Å²) in [6.07, 6.45) is 0.977. The van der Waals surface area contributed by atoms with Crippen molar-refractivity contribution in [3.05, 3.63) is 64.4 Å². The number of hydrogen-bond donors (Lipinski definition) is 1. The molecule has 2 aromatic carbocycles. The minimum atomic E-state index is -1.000. The van der Waals surface area contributed by atoms with Gasteiger partial charge in [0.05, 0.1) is 5.69 Å². The number of anilines is 1. The van der Waals surface area contributed by atoms with Gasteiger partial charge in [-0.1, -0.05) is 30.3 Å². The Morgan fingerprint density at radius 2 is 1.96 bits per heavy atom. The zero-order valence-corrected chi connectivity index (χ0v) is 17.1. The number of nitrogens with one attached hydrogen (secondary N) is 1. The number of imide groups is 1. The summed E-state index contributed by atoms with van der Waals surface area (Å²) in [6.45, 7) is 3.52. The Hall–Kier alpha value is -2.25. The molecule has 0 radical (unpaired) electrons. The van der Waals surface area contributed by atoms with Crippen molar-refractivity contribution >= 4 is 33.6 Å². The van der Waals surface area contributed by atoms with Crippen LogP contribution in [0.1, 0.15) is 25.3 Å². The minimum absolute atomic E-state index is 0.0837. The molecule has 2 aliphatic rings. The van der Waals surface area contributed by atoms with Gasteiger partial charge in [0.25, 0.3) is 5.91 Å². The first-order valence-electron chi connectivity index (χ1n) is 9.29. The molecule has 7 heteroatoms. The molecule has 28 heavy (non-hydrogen) atoms. The molecule has 0 unspecified atom stereocenters. The first-order valence-corrected chi connectivity index (χ1v) is 10.1. The van der Waals surface area contributed by atoms with Crippen LogP contribution >= 0.6 is 15.9 Å². The fourth-order valence-corrected chi connectivity index (χ4v) is 4.72. The number of piperidine rings is 1. The van der Waals surface area contributed by atoms with Crippen LogP contribution in [0.5, 0.6) is 0 Å². The van der Waals surface area contributed by atoms with Crippen LogP contribution in [0.4, 0.5) is 14.9 Å². The number of urea groups is 1. The standard InChI is InChI=1S/C21H21BrFN3O2/c1-14-12-21(9-10-25(14)13-15-5-3-2-4-6-15)19(27)24-20(28)26(21)18-11-16(23)7-8-17(18)22/h2-8,11,14H,9-10,12-13H2,1H3,(H,24,27,28)/t14-,21+/m1/s1. The van der Waals surface area contributed by atoms with Crippen molar-refractivity contribution in [3.8, 4) is 0 Å². The van der Waals surface area contributed by atoms with Gasteiger partial charge in [-0.2, -0.15) is 0 Å². The van der Waals surface area contributed by atoms with Gasteiger partial charge in [-0.15, -0.1) is 0 Å². The van der Waals surface area contributed by atoms with Gasteiger partial charge in [0.15, 0.2) is 0 Å². The first-order chi connectivity index (χ1) is 13.4. The normalized spacial score (nSPS) is 25.4. The molecule has 2 saturated heterocycles. The first kappa shape index (κ1) is 19.1. The molecule has 3 amide bonds. The van der Waals surface area contributed by atoms with Crippen molar-refractivity contribution in [2.45, 2.75) is 37.9 Å². The van der Waals surface area contributed by atoms with Gasteiger partial charge in [0.1, 0.15) is 11.4 Å². The number of likely N-dealkylation sites (tertiary alicyclic amines) is 1. The van der Waals surface area contributed by atoms with E-state index in [1.54, 1.807) is 6.07 Å². The molecule has 2 atom stereocenters. The predicted octanol–water partition coefficient (Wildman–Crippen LogP) is 4.07. The highest BCUT2D eigenvalue weighted by Gasteiger charge is 2.56. The predicted molar refractivity (Wildman–Crippen MR) is 108 cm³/mol. The lowest BCUT2D eigenvalue weighted by Gasteiger charge is -2.45. The molecular formula is C21H21BrFN3O2. The average Bonchev–Trinajstić information content (AvgIpc) is 2.90. The molecule has 2 fully saturated rings. The topological polar surface area (TPSA) is 52.7 Å². The maximum absolute atomic E-state index is 13.9. The summed E-state index contributed by atoms with van der Waals surface area (Å²) < 4.78 is 14.5. The van der Waals surface area contributed by atoms with Crippen LogP contribution in [0.2, 0.25) is 0 Å². The van der Waals surface area contributed by atoms with Crippen molar-refractivity contribution < 1.29 is 14.0 Å². The molecule has 0 saturated carbocycles. The molecule has 5 nitrogen and oxygen atoms in total. The van der Waals surface area contributed by atoms with Crippen LogP contribution in [0.3, 0.4) is 0 Å². The van der Waals surface area contributed by atoms with E-state index in [1.807, 2.05) is 18.2 Å². The molecule has 2 aliphatic heterocycles. The number of rotatable bonds is 3. The summed E-state index contributed by atoms with van der Waals surface area (Å²) in [5.74, 6) is -0.755. The Bertz CT molecular complexity index is 923. The van der Waals surface area contributed by atoms with Gasteiger partial charge in [-0.05, 0) is 59.5 Å². The number of benzene rings is 2. The third-order valence-electron chi connectivity index (χ3n) is 5.72. The molecule has 2 aromatic rings. The van der Waals surface area contributed by atoms with E-state index in [4.69, 9.17) is 0 Å². The van der Waals surface area contributed by atoms with Gasteiger partial charge in [0.2, 0.25) is 0 Å². The van der Waals surface area contributed by atoms with E-state index >= 15 is 0 Å². The van der Waals surface area contributed by atoms with Crippen molar-refractivity contribution in [2.75, 3.05) is 11.4 Å². The monoisotopic (exact) mass is 445 g/mol. The molecule has 0 aromatic heterocycles. The molecule has 0 bridgehead atoms. The highest BCUT2D eigenvalue weighted by molar-refractivity contribution is 9.10. The second kappa shape index (κ2) is 7.29.